The van der Waals surface area contributed by atoms with Gasteiger partial charge in [-0.15, -0.1) is 11.3 Å². The lowest BCUT2D eigenvalue weighted by atomic mass is 9.96. The standard InChI is InChI=1S/C34H22ClFN2O2S2/c1-20-6-10-25(11-7-20)42-38-29-13-9-24(36)17-28(29)31(27-14-15-41-30(27)18-37)33(38)22-5-3-4-21(16-22)26-12-8-23(19-39)34(40-2)32(26)35/h3-17,19H,1-2H3. The molecule has 6 aromatic rings. The number of thiophene rings is 1. The normalized spacial score (nSPS) is 11.0. The smallest absolute Gasteiger partial charge is 0.153 e. The van der Waals surface area contributed by atoms with Crippen LogP contribution in [0.15, 0.2) is 95.2 Å². The Morgan fingerprint density at radius 3 is 2.52 bits per heavy atom. The van der Waals surface area contributed by atoms with Crippen molar-refractivity contribution in [3.8, 4) is 45.3 Å². The van der Waals surface area contributed by atoms with Crippen molar-refractivity contribution in [1.29, 1.82) is 5.26 Å². The summed E-state index contributed by atoms with van der Waals surface area (Å²) in [6, 6.07) is 28.6. The number of aromatic nitrogens is 1. The zero-order valence-corrected chi connectivity index (χ0v) is 24.9. The van der Waals surface area contributed by atoms with Crippen molar-refractivity contribution >= 4 is 52.1 Å². The first-order chi connectivity index (χ1) is 20.4. The summed E-state index contributed by atoms with van der Waals surface area (Å²) < 4.78 is 22.3. The molecule has 0 radical (unpaired) electrons. The van der Waals surface area contributed by atoms with E-state index in [-0.39, 0.29) is 5.82 Å². The predicted molar refractivity (Wildman–Crippen MR) is 170 cm³/mol. The van der Waals surface area contributed by atoms with Crippen LogP contribution in [0.2, 0.25) is 5.02 Å². The third kappa shape index (κ3) is 4.88. The Hall–Kier alpha value is -4.35. The molecule has 0 saturated heterocycles. The molecule has 0 unspecified atom stereocenters. The van der Waals surface area contributed by atoms with Crippen LogP contribution in [0, 0.1) is 24.1 Å². The Morgan fingerprint density at radius 2 is 1.79 bits per heavy atom. The van der Waals surface area contributed by atoms with E-state index in [1.54, 1.807) is 18.2 Å². The number of rotatable bonds is 7. The quantitative estimate of drug-likeness (QED) is 0.169. The Bertz CT molecular complexity index is 2020. The van der Waals surface area contributed by atoms with Gasteiger partial charge in [0.05, 0.1) is 28.9 Å². The summed E-state index contributed by atoms with van der Waals surface area (Å²) >= 11 is 9.63. The number of nitriles is 1. The highest BCUT2D eigenvalue weighted by Crippen LogP contribution is 2.47. The molecule has 4 aromatic carbocycles. The molecule has 0 bridgehead atoms. The first kappa shape index (κ1) is 27.8. The molecule has 0 saturated carbocycles. The largest absolute Gasteiger partial charge is 0.494 e. The topological polar surface area (TPSA) is 55.0 Å². The second-order valence-corrected chi connectivity index (χ2v) is 11.9. The summed E-state index contributed by atoms with van der Waals surface area (Å²) in [6.07, 6.45) is 0.713. The molecule has 8 heteroatoms. The minimum Gasteiger partial charge on any atom is -0.494 e. The fourth-order valence-corrected chi connectivity index (χ4v) is 7.15. The maximum absolute atomic E-state index is 14.8. The number of hydrogen-bond acceptors (Lipinski definition) is 5. The number of nitrogens with zero attached hydrogens (tertiary/aromatic N) is 2. The van der Waals surface area contributed by atoms with Crippen LogP contribution in [-0.2, 0) is 0 Å². The van der Waals surface area contributed by atoms with Crippen molar-refractivity contribution in [3.05, 3.63) is 117 Å². The van der Waals surface area contributed by atoms with E-state index < -0.39 is 0 Å². The number of halogens is 2. The highest BCUT2D eigenvalue weighted by atomic mass is 35.5. The van der Waals surface area contributed by atoms with E-state index in [0.29, 0.717) is 38.4 Å². The van der Waals surface area contributed by atoms with Crippen LogP contribution in [-0.4, -0.2) is 17.4 Å². The second kappa shape index (κ2) is 11.5. The number of ether oxygens (including phenoxy) is 1. The molecule has 0 atom stereocenters. The summed E-state index contributed by atoms with van der Waals surface area (Å²) in [4.78, 5) is 13.1. The molecule has 2 heterocycles. The van der Waals surface area contributed by atoms with E-state index in [1.807, 2.05) is 42.6 Å². The lowest BCUT2D eigenvalue weighted by Crippen LogP contribution is -1.95. The molecule has 6 rings (SSSR count). The molecule has 2 aromatic heterocycles. The zero-order valence-electron chi connectivity index (χ0n) is 22.5. The van der Waals surface area contributed by atoms with E-state index in [1.165, 1.54) is 42.5 Å². The summed E-state index contributed by atoms with van der Waals surface area (Å²) in [5.74, 6) is -0.0453. The van der Waals surface area contributed by atoms with Crippen molar-refractivity contribution in [3.63, 3.8) is 0 Å². The molecule has 0 aliphatic heterocycles. The Morgan fingerprint density at radius 1 is 1.00 bits per heavy atom. The minimum atomic E-state index is -0.357. The highest BCUT2D eigenvalue weighted by molar-refractivity contribution is 7.98. The van der Waals surface area contributed by atoms with Crippen LogP contribution in [0.3, 0.4) is 0 Å². The Balaban J connectivity index is 1.66. The SMILES string of the molecule is COc1c(C=O)ccc(-c2cccc(-c3c(-c4ccsc4C#N)c4cc(F)ccc4n3Sc3ccc(C)cc3)c2)c1Cl. The number of methoxy groups -OCH3 is 1. The summed E-state index contributed by atoms with van der Waals surface area (Å²) in [7, 11) is 1.48. The molecule has 0 amide bonds. The van der Waals surface area contributed by atoms with Crippen molar-refractivity contribution < 1.29 is 13.9 Å². The number of carbonyl (C=O) groups excluding carboxylic acids is 1. The summed E-state index contributed by atoms with van der Waals surface area (Å²) in [6.45, 7) is 2.04. The van der Waals surface area contributed by atoms with Crippen LogP contribution >= 0.6 is 34.9 Å². The van der Waals surface area contributed by atoms with Gasteiger partial charge < -0.3 is 4.74 Å². The maximum atomic E-state index is 14.8. The average molecular weight is 609 g/mol. The molecule has 0 aliphatic carbocycles. The lowest BCUT2D eigenvalue weighted by molar-refractivity contribution is 0.112. The van der Waals surface area contributed by atoms with Crippen LogP contribution in [0.4, 0.5) is 4.39 Å². The molecule has 0 fully saturated rings. The number of aldehydes is 1. The molecular formula is C34H22ClFN2O2S2. The van der Waals surface area contributed by atoms with Crippen molar-refractivity contribution in [2.24, 2.45) is 0 Å². The molecule has 0 aliphatic rings. The van der Waals surface area contributed by atoms with E-state index in [9.17, 15) is 14.4 Å². The summed E-state index contributed by atoms with van der Waals surface area (Å²) in [5.41, 5.74) is 7.05. The van der Waals surface area contributed by atoms with Crippen molar-refractivity contribution in [1.82, 2.24) is 3.97 Å². The molecule has 0 spiro atoms. The van der Waals surface area contributed by atoms with Gasteiger partial charge in [0.1, 0.15) is 22.5 Å². The van der Waals surface area contributed by atoms with Crippen LogP contribution in [0.1, 0.15) is 20.8 Å². The fourth-order valence-electron chi connectivity index (χ4n) is 5.09. The molecule has 206 valence electrons. The summed E-state index contributed by atoms with van der Waals surface area (Å²) in [5, 5.41) is 12.9. The zero-order chi connectivity index (χ0) is 29.4. The molecule has 4 nitrogen and oxygen atoms in total. The van der Waals surface area contributed by atoms with Gasteiger partial charge in [-0.1, -0.05) is 53.6 Å². The van der Waals surface area contributed by atoms with E-state index >= 15 is 0 Å². The first-order valence-electron chi connectivity index (χ1n) is 12.9. The Kier molecular flexibility index (Phi) is 7.61. The number of carbonyl (C=O) groups is 1. The van der Waals surface area contributed by atoms with Gasteiger partial charge in [0.15, 0.2) is 6.29 Å². The monoisotopic (exact) mass is 608 g/mol. The van der Waals surface area contributed by atoms with Crippen LogP contribution in [0.5, 0.6) is 5.75 Å². The maximum Gasteiger partial charge on any atom is 0.153 e. The van der Waals surface area contributed by atoms with Gasteiger partial charge in [-0.2, -0.15) is 5.26 Å². The van der Waals surface area contributed by atoms with Gasteiger partial charge in [-0.25, -0.2) is 4.39 Å². The number of fused-ring (bicyclic) bond motifs is 1. The second-order valence-electron chi connectivity index (χ2n) is 9.61. The van der Waals surface area contributed by atoms with Crippen molar-refractivity contribution in [2.45, 2.75) is 11.8 Å². The van der Waals surface area contributed by atoms with Gasteiger partial charge in [0.2, 0.25) is 0 Å². The van der Waals surface area contributed by atoms with Gasteiger partial charge >= 0.3 is 0 Å². The third-order valence-electron chi connectivity index (χ3n) is 7.05. The van der Waals surface area contributed by atoms with Gasteiger partial charge in [-0.05, 0) is 78.3 Å². The van der Waals surface area contributed by atoms with Gasteiger partial charge in [-0.3, -0.25) is 8.77 Å². The fraction of sp³-hybridized carbons (Fsp3) is 0.0588. The van der Waals surface area contributed by atoms with Gasteiger partial charge in [0, 0.05) is 32.5 Å². The van der Waals surface area contributed by atoms with Crippen LogP contribution < -0.4 is 4.74 Å². The predicted octanol–water partition coefficient (Wildman–Crippen LogP) is 10.1. The average Bonchev–Trinajstić information content (AvgIpc) is 3.59. The lowest BCUT2D eigenvalue weighted by Gasteiger charge is -2.15. The van der Waals surface area contributed by atoms with Crippen molar-refractivity contribution in [2.75, 3.05) is 7.11 Å². The van der Waals surface area contributed by atoms with Crippen LogP contribution in [0.25, 0.3) is 44.4 Å². The van der Waals surface area contributed by atoms with E-state index in [4.69, 9.17) is 16.3 Å². The molecule has 0 N–H and O–H groups in total. The van der Waals surface area contributed by atoms with E-state index in [0.717, 1.165) is 43.9 Å². The molecule has 42 heavy (non-hydrogen) atoms. The first-order valence-corrected chi connectivity index (χ1v) is 15.0. The highest BCUT2D eigenvalue weighted by Gasteiger charge is 2.25. The number of hydrogen-bond donors (Lipinski definition) is 0. The molecular weight excluding hydrogens is 587 g/mol. The minimum absolute atomic E-state index is 0.312. The third-order valence-corrected chi connectivity index (χ3v) is 9.29. The number of aryl methyl sites for hydroxylation is 1. The Labute approximate surface area is 255 Å². The number of benzene rings is 4. The van der Waals surface area contributed by atoms with Gasteiger partial charge in [0.25, 0.3) is 0 Å². The van der Waals surface area contributed by atoms with E-state index in [2.05, 4.69) is 34.3 Å².